The molecular formula is C17H13Cl2N7O. The number of hydrogen-bond acceptors (Lipinski definition) is 6. The average Bonchev–Trinajstić information content (AvgIpc) is 3.09. The number of nitrogens with zero attached hydrogens (tertiary/aromatic N) is 5. The van der Waals surface area contributed by atoms with Crippen molar-refractivity contribution in [2.45, 2.75) is 13.0 Å². The summed E-state index contributed by atoms with van der Waals surface area (Å²) in [6.07, 6.45) is 3.20. The SMILES string of the molecule is CC1=C(C(=O)Nc2cccnc2)[C@@H](c2ccc(Cl)cc2Cl)n2nnnc2N1. The fourth-order valence-electron chi connectivity index (χ4n) is 2.95. The Morgan fingerprint density at radius 2 is 2.15 bits per heavy atom. The number of hydrogen-bond donors (Lipinski definition) is 2. The molecule has 0 radical (unpaired) electrons. The summed E-state index contributed by atoms with van der Waals surface area (Å²) in [6, 6.07) is 7.97. The van der Waals surface area contributed by atoms with Gasteiger partial charge in [0.15, 0.2) is 0 Å². The fourth-order valence-corrected chi connectivity index (χ4v) is 3.46. The molecule has 0 saturated heterocycles. The normalized spacial score (nSPS) is 15.9. The highest BCUT2D eigenvalue weighted by atomic mass is 35.5. The first-order valence-electron chi connectivity index (χ1n) is 7.96. The summed E-state index contributed by atoms with van der Waals surface area (Å²) in [6.45, 7) is 1.78. The smallest absolute Gasteiger partial charge is 0.255 e. The van der Waals surface area contributed by atoms with E-state index in [-0.39, 0.29) is 5.91 Å². The first kappa shape index (κ1) is 17.4. The molecule has 1 atom stereocenters. The second-order valence-electron chi connectivity index (χ2n) is 5.87. The molecule has 10 heteroatoms. The second kappa shape index (κ2) is 6.98. The molecule has 27 heavy (non-hydrogen) atoms. The first-order chi connectivity index (χ1) is 13.0. The molecule has 1 aromatic carbocycles. The van der Waals surface area contributed by atoms with Crippen LogP contribution in [0.3, 0.4) is 0 Å². The highest BCUT2D eigenvalue weighted by Gasteiger charge is 2.35. The van der Waals surface area contributed by atoms with Gasteiger partial charge in [0.2, 0.25) is 5.95 Å². The molecular weight excluding hydrogens is 389 g/mol. The van der Waals surface area contributed by atoms with Gasteiger partial charge in [0, 0.05) is 27.5 Å². The van der Waals surface area contributed by atoms with Crippen LogP contribution >= 0.6 is 23.2 Å². The minimum absolute atomic E-state index is 0.315. The van der Waals surface area contributed by atoms with E-state index in [0.717, 1.165) is 0 Å². The third-order valence-corrected chi connectivity index (χ3v) is 4.70. The van der Waals surface area contributed by atoms with Gasteiger partial charge in [0.1, 0.15) is 6.04 Å². The van der Waals surface area contributed by atoms with Crippen molar-refractivity contribution in [2.75, 3.05) is 10.6 Å². The lowest BCUT2D eigenvalue weighted by atomic mass is 9.95. The number of tetrazole rings is 1. The van der Waals surface area contributed by atoms with Crippen molar-refractivity contribution in [1.29, 1.82) is 0 Å². The molecule has 4 rings (SSSR count). The first-order valence-corrected chi connectivity index (χ1v) is 8.72. The van der Waals surface area contributed by atoms with E-state index in [1.807, 2.05) is 0 Å². The van der Waals surface area contributed by atoms with Crippen LogP contribution in [0.1, 0.15) is 18.5 Å². The summed E-state index contributed by atoms with van der Waals surface area (Å²) in [7, 11) is 0. The lowest BCUT2D eigenvalue weighted by Crippen LogP contribution is -2.31. The van der Waals surface area contributed by atoms with Crippen molar-refractivity contribution in [3.05, 3.63) is 69.6 Å². The highest BCUT2D eigenvalue weighted by Crippen LogP contribution is 2.38. The van der Waals surface area contributed by atoms with Crippen LogP contribution < -0.4 is 10.6 Å². The number of pyridine rings is 1. The topological polar surface area (TPSA) is 97.6 Å². The number of benzene rings is 1. The highest BCUT2D eigenvalue weighted by molar-refractivity contribution is 6.35. The molecule has 0 saturated carbocycles. The van der Waals surface area contributed by atoms with E-state index in [0.29, 0.717) is 38.5 Å². The van der Waals surface area contributed by atoms with E-state index in [2.05, 4.69) is 31.1 Å². The van der Waals surface area contributed by atoms with Crippen LogP contribution in [0.4, 0.5) is 11.6 Å². The van der Waals surface area contributed by atoms with Crippen LogP contribution in [0.2, 0.25) is 10.0 Å². The standard InChI is InChI=1S/C17H13Cl2N7O/c1-9-14(16(27)22-11-3-2-6-20-8-11)15(26-17(21-9)23-24-25-26)12-5-4-10(18)7-13(12)19/h2-8,15H,1H3,(H,22,27)(H,21,23,25)/t15-/m1/s1. The fraction of sp³-hybridized carbons (Fsp3) is 0.118. The van der Waals surface area contributed by atoms with Crippen molar-refractivity contribution < 1.29 is 4.79 Å². The van der Waals surface area contributed by atoms with Gasteiger partial charge in [0.25, 0.3) is 5.91 Å². The van der Waals surface area contributed by atoms with Gasteiger partial charge in [0.05, 0.1) is 17.5 Å². The number of halogens is 2. The molecule has 3 heterocycles. The number of allylic oxidation sites excluding steroid dienone is 1. The number of carbonyl (C=O) groups excluding carboxylic acids is 1. The van der Waals surface area contributed by atoms with Gasteiger partial charge < -0.3 is 10.6 Å². The lowest BCUT2D eigenvalue weighted by molar-refractivity contribution is -0.113. The van der Waals surface area contributed by atoms with Crippen molar-refractivity contribution in [2.24, 2.45) is 0 Å². The lowest BCUT2D eigenvalue weighted by Gasteiger charge is -2.28. The van der Waals surface area contributed by atoms with Crippen LogP contribution in [0.5, 0.6) is 0 Å². The predicted molar refractivity (Wildman–Crippen MR) is 102 cm³/mol. The Balaban J connectivity index is 1.81. The number of anilines is 2. The zero-order valence-corrected chi connectivity index (χ0v) is 15.5. The van der Waals surface area contributed by atoms with E-state index < -0.39 is 6.04 Å². The number of aromatic nitrogens is 5. The average molecular weight is 402 g/mol. The van der Waals surface area contributed by atoms with Gasteiger partial charge in [-0.25, -0.2) is 0 Å². The van der Waals surface area contributed by atoms with Crippen LogP contribution in [-0.2, 0) is 4.79 Å². The summed E-state index contributed by atoms with van der Waals surface area (Å²) in [5.41, 5.74) is 2.29. The quantitative estimate of drug-likeness (QED) is 0.698. The Bertz CT molecular complexity index is 1050. The zero-order chi connectivity index (χ0) is 19.0. The molecule has 0 unspecified atom stereocenters. The van der Waals surface area contributed by atoms with Crippen molar-refractivity contribution in [1.82, 2.24) is 25.2 Å². The van der Waals surface area contributed by atoms with Gasteiger partial charge in [-0.2, -0.15) is 4.68 Å². The molecule has 2 N–H and O–H groups in total. The summed E-state index contributed by atoms with van der Waals surface area (Å²) >= 11 is 12.5. The molecule has 0 bridgehead atoms. The third kappa shape index (κ3) is 3.24. The van der Waals surface area contributed by atoms with Gasteiger partial charge >= 0.3 is 0 Å². The summed E-state index contributed by atoms with van der Waals surface area (Å²) in [5, 5.41) is 18.5. The van der Waals surface area contributed by atoms with E-state index in [9.17, 15) is 4.79 Å². The third-order valence-electron chi connectivity index (χ3n) is 4.14. The Morgan fingerprint density at radius 1 is 1.30 bits per heavy atom. The van der Waals surface area contributed by atoms with Gasteiger partial charge in [-0.1, -0.05) is 34.4 Å². The molecule has 0 spiro atoms. The minimum atomic E-state index is -0.613. The zero-order valence-electron chi connectivity index (χ0n) is 14.0. The molecule has 8 nitrogen and oxygen atoms in total. The molecule has 136 valence electrons. The van der Waals surface area contributed by atoms with E-state index in [4.69, 9.17) is 23.2 Å². The Morgan fingerprint density at radius 3 is 2.89 bits per heavy atom. The molecule has 0 fully saturated rings. The van der Waals surface area contributed by atoms with Crippen LogP contribution in [0.15, 0.2) is 54.0 Å². The number of amides is 1. The Kier molecular flexibility index (Phi) is 4.51. The maximum atomic E-state index is 13.1. The van der Waals surface area contributed by atoms with Crippen molar-refractivity contribution in [3.8, 4) is 0 Å². The minimum Gasteiger partial charge on any atom is -0.326 e. The largest absolute Gasteiger partial charge is 0.326 e. The van der Waals surface area contributed by atoms with Crippen LogP contribution in [0.25, 0.3) is 0 Å². The summed E-state index contributed by atoms with van der Waals surface area (Å²) in [5.74, 6) is 0.103. The van der Waals surface area contributed by atoms with Crippen LogP contribution in [0, 0.1) is 0 Å². The van der Waals surface area contributed by atoms with Crippen molar-refractivity contribution in [3.63, 3.8) is 0 Å². The predicted octanol–water partition coefficient (Wildman–Crippen LogP) is 3.30. The Labute approximate surface area is 164 Å². The molecule has 1 amide bonds. The molecule has 0 aliphatic carbocycles. The Hall–Kier alpha value is -2.97. The molecule has 1 aliphatic rings. The maximum Gasteiger partial charge on any atom is 0.255 e. The molecule has 1 aliphatic heterocycles. The molecule has 3 aromatic rings. The number of rotatable bonds is 3. The van der Waals surface area contributed by atoms with Gasteiger partial charge in [-0.15, -0.1) is 0 Å². The number of fused-ring (bicyclic) bond motifs is 1. The second-order valence-corrected chi connectivity index (χ2v) is 6.72. The van der Waals surface area contributed by atoms with Crippen LogP contribution in [-0.4, -0.2) is 31.1 Å². The van der Waals surface area contributed by atoms with E-state index in [1.54, 1.807) is 49.6 Å². The maximum absolute atomic E-state index is 13.1. The van der Waals surface area contributed by atoms with E-state index in [1.165, 1.54) is 4.68 Å². The number of nitrogens with one attached hydrogen (secondary N) is 2. The van der Waals surface area contributed by atoms with Crippen molar-refractivity contribution >= 4 is 40.7 Å². The van der Waals surface area contributed by atoms with Gasteiger partial charge in [-0.3, -0.25) is 9.78 Å². The van der Waals surface area contributed by atoms with E-state index >= 15 is 0 Å². The summed E-state index contributed by atoms with van der Waals surface area (Å²) in [4.78, 5) is 17.1. The van der Waals surface area contributed by atoms with Gasteiger partial charge in [-0.05, 0) is 41.6 Å². The monoisotopic (exact) mass is 401 g/mol. The molecule has 2 aromatic heterocycles. The number of carbonyl (C=O) groups is 1. The summed E-state index contributed by atoms with van der Waals surface area (Å²) < 4.78 is 1.51.